The summed E-state index contributed by atoms with van der Waals surface area (Å²) in [5.74, 6) is 1.88. The van der Waals surface area contributed by atoms with Crippen LogP contribution in [0.3, 0.4) is 0 Å². The number of hydrogen-bond donors (Lipinski definition) is 0. The minimum absolute atomic E-state index is 0.408. The van der Waals surface area contributed by atoms with E-state index in [2.05, 4.69) is 5.10 Å². The maximum Gasteiger partial charge on any atom is 0.247 e. The lowest BCUT2D eigenvalue weighted by molar-refractivity contribution is 0.355. The molecule has 0 N–H and O–H groups in total. The largest absolute Gasteiger partial charge is 0.497 e. The fourth-order valence-corrected chi connectivity index (χ4v) is 3.96. The molecule has 0 radical (unpaired) electrons. The first kappa shape index (κ1) is 19.0. The van der Waals surface area contributed by atoms with Gasteiger partial charge in [-0.2, -0.15) is 9.52 Å². The highest BCUT2D eigenvalue weighted by molar-refractivity contribution is 7.88. The zero-order valence-corrected chi connectivity index (χ0v) is 16.5. The van der Waals surface area contributed by atoms with Crippen molar-refractivity contribution in [1.29, 1.82) is 0 Å². The van der Waals surface area contributed by atoms with E-state index in [9.17, 15) is 8.42 Å². The molecular weight excluding hydrogens is 368 g/mol. The highest BCUT2D eigenvalue weighted by Crippen LogP contribution is 2.37. The van der Waals surface area contributed by atoms with Gasteiger partial charge in [0.2, 0.25) is 10.0 Å². The first-order valence-electron chi connectivity index (χ1n) is 8.30. The monoisotopic (exact) mass is 390 g/mol. The van der Waals surface area contributed by atoms with Gasteiger partial charge in [0, 0.05) is 12.0 Å². The van der Waals surface area contributed by atoms with Gasteiger partial charge >= 0.3 is 0 Å². The van der Waals surface area contributed by atoms with Crippen LogP contribution in [0.15, 0.2) is 47.6 Å². The summed E-state index contributed by atoms with van der Waals surface area (Å²) in [6.45, 7) is 0. The molecule has 1 aliphatic heterocycles. The van der Waals surface area contributed by atoms with Gasteiger partial charge in [0.1, 0.15) is 5.75 Å². The van der Waals surface area contributed by atoms with Crippen LogP contribution in [0.2, 0.25) is 0 Å². The van der Waals surface area contributed by atoms with Crippen LogP contribution < -0.4 is 14.2 Å². The Kier molecular flexibility index (Phi) is 5.27. The number of benzene rings is 2. The summed E-state index contributed by atoms with van der Waals surface area (Å²) in [7, 11) is 1.18. The van der Waals surface area contributed by atoms with Crippen LogP contribution >= 0.6 is 0 Å². The second-order valence-electron chi connectivity index (χ2n) is 6.15. The van der Waals surface area contributed by atoms with Gasteiger partial charge in [0.15, 0.2) is 11.5 Å². The van der Waals surface area contributed by atoms with Crippen molar-refractivity contribution < 1.29 is 22.6 Å². The molecule has 0 spiro atoms. The number of hydrazone groups is 1. The van der Waals surface area contributed by atoms with Gasteiger partial charge in [-0.1, -0.05) is 12.1 Å². The smallest absolute Gasteiger partial charge is 0.247 e. The van der Waals surface area contributed by atoms with Gasteiger partial charge in [-0.15, -0.1) is 0 Å². The van der Waals surface area contributed by atoms with Crippen molar-refractivity contribution in [2.45, 2.75) is 12.5 Å². The Balaban J connectivity index is 1.98. The predicted molar refractivity (Wildman–Crippen MR) is 103 cm³/mol. The molecule has 0 saturated heterocycles. The molecular formula is C19H22N2O5S. The molecule has 2 aromatic carbocycles. The topological polar surface area (TPSA) is 77.4 Å². The van der Waals surface area contributed by atoms with Crippen LogP contribution in [-0.2, 0) is 10.0 Å². The van der Waals surface area contributed by atoms with E-state index in [0.29, 0.717) is 29.4 Å². The zero-order chi connectivity index (χ0) is 19.6. The Morgan fingerprint density at radius 2 is 1.63 bits per heavy atom. The molecule has 0 bridgehead atoms. The third-order valence-electron chi connectivity index (χ3n) is 4.43. The van der Waals surface area contributed by atoms with Crippen molar-refractivity contribution in [3.05, 3.63) is 53.6 Å². The quantitative estimate of drug-likeness (QED) is 0.758. The van der Waals surface area contributed by atoms with Crippen molar-refractivity contribution in [1.82, 2.24) is 4.41 Å². The molecule has 0 aliphatic carbocycles. The number of hydrogen-bond acceptors (Lipinski definition) is 6. The van der Waals surface area contributed by atoms with Gasteiger partial charge in [0.05, 0.1) is 39.3 Å². The Hall–Kier alpha value is -2.74. The summed E-state index contributed by atoms with van der Waals surface area (Å²) in [6, 6.07) is 12.3. The molecule has 0 amide bonds. The number of rotatable bonds is 6. The normalized spacial score (nSPS) is 16.8. The van der Waals surface area contributed by atoms with E-state index in [1.165, 1.54) is 4.41 Å². The van der Waals surface area contributed by atoms with Crippen molar-refractivity contribution in [3.63, 3.8) is 0 Å². The minimum atomic E-state index is -3.53. The highest BCUT2D eigenvalue weighted by atomic mass is 32.2. The molecule has 8 heteroatoms. The minimum Gasteiger partial charge on any atom is -0.497 e. The van der Waals surface area contributed by atoms with Gasteiger partial charge in [-0.05, 0) is 35.9 Å². The van der Waals surface area contributed by atoms with Gasteiger partial charge in [-0.25, -0.2) is 8.42 Å². The third kappa shape index (κ3) is 3.85. The molecule has 0 saturated carbocycles. The second kappa shape index (κ2) is 7.48. The van der Waals surface area contributed by atoms with E-state index in [-0.39, 0.29) is 0 Å². The molecule has 1 aliphatic rings. The Morgan fingerprint density at radius 1 is 0.963 bits per heavy atom. The Morgan fingerprint density at radius 3 is 2.19 bits per heavy atom. The molecule has 3 rings (SSSR count). The summed E-state index contributed by atoms with van der Waals surface area (Å²) < 4.78 is 41.5. The number of nitrogens with zero attached hydrogens (tertiary/aromatic N) is 2. The van der Waals surface area contributed by atoms with Gasteiger partial charge < -0.3 is 14.2 Å². The standard InChI is InChI=1S/C19H22N2O5S/c1-24-15-8-5-13(6-9-15)17-12-16(20-21(17)27(4,22)23)14-7-10-18(25-2)19(11-14)26-3/h5-11,17H,12H2,1-4H3/t17-/m1/s1. The molecule has 27 heavy (non-hydrogen) atoms. The summed E-state index contributed by atoms with van der Waals surface area (Å²) in [4.78, 5) is 0. The average molecular weight is 390 g/mol. The summed E-state index contributed by atoms with van der Waals surface area (Å²) in [5.41, 5.74) is 2.31. The zero-order valence-electron chi connectivity index (χ0n) is 15.7. The van der Waals surface area contributed by atoms with Crippen LogP contribution in [0.25, 0.3) is 0 Å². The number of sulfonamides is 1. The SMILES string of the molecule is COc1ccc([C@H]2CC(c3ccc(OC)c(OC)c3)=NN2S(C)(=O)=O)cc1. The maximum atomic E-state index is 12.3. The number of ether oxygens (including phenoxy) is 3. The Bertz CT molecular complexity index is 955. The molecule has 0 fully saturated rings. The maximum absolute atomic E-state index is 12.3. The lowest BCUT2D eigenvalue weighted by Gasteiger charge is -2.21. The first-order valence-corrected chi connectivity index (χ1v) is 10.2. The average Bonchev–Trinajstić information content (AvgIpc) is 3.13. The van der Waals surface area contributed by atoms with Crippen LogP contribution in [0, 0.1) is 0 Å². The van der Waals surface area contributed by atoms with Crippen LogP contribution in [0.1, 0.15) is 23.6 Å². The van der Waals surface area contributed by atoms with E-state index >= 15 is 0 Å². The van der Waals surface area contributed by atoms with Crippen LogP contribution in [-0.4, -0.2) is 46.1 Å². The van der Waals surface area contributed by atoms with Crippen molar-refractivity contribution >= 4 is 15.7 Å². The van der Waals surface area contributed by atoms with E-state index in [1.54, 1.807) is 33.5 Å². The third-order valence-corrected chi connectivity index (χ3v) is 5.45. The van der Waals surface area contributed by atoms with Crippen LogP contribution in [0.4, 0.5) is 0 Å². The van der Waals surface area contributed by atoms with Crippen molar-refractivity contribution in [2.75, 3.05) is 27.6 Å². The second-order valence-corrected chi connectivity index (χ2v) is 7.99. The predicted octanol–water partition coefficient (Wildman–Crippen LogP) is 2.82. The fourth-order valence-electron chi connectivity index (χ4n) is 3.06. The molecule has 1 heterocycles. The molecule has 144 valence electrons. The molecule has 1 atom stereocenters. The number of methoxy groups -OCH3 is 3. The summed E-state index contributed by atoms with van der Waals surface area (Å²) in [6.07, 6.45) is 1.61. The lowest BCUT2D eigenvalue weighted by atomic mass is 9.99. The summed E-state index contributed by atoms with van der Waals surface area (Å²) >= 11 is 0. The molecule has 0 aromatic heterocycles. The summed E-state index contributed by atoms with van der Waals surface area (Å²) in [5, 5.41) is 4.40. The van der Waals surface area contributed by atoms with Crippen molar-refractivity contribution in [2.24, 2.45) is 5.10 Å². The lowest BCUT2D eigenvalue weighted by Crippen LogP contribution is -2.25. The van der Waals surface area contributed by atoms with Gasteiger partial charge in [0.25, 0.3) is 0 Å². The fraction of sp³-hybridized carbons (Fsp3) is 0.316. The molecule has 7 nitrogen and oxygen atoms in total. The van der Waals surface area contributed by atoms with E-state index < -0.39 is 16.1 Å². The van der Waals surface area contributed by atoms with E-state index in [0.717, 1.165) is 17.4 Å². The Labute approximate surface area is 159 Å². The van der Waals surface area contributed by atoms with Gasteiger partial charge in [-0.3, -0.25) is 0 Å². The van der Waals surface area contributed by atoms with E-state index in [4.69, 9.17) is 14.2 Å². The first-order chi connectivity index (χ1) is 12.9. The highest BCUT2D eigenvalue weighted by Gasteiger charge is 2.34. The molecule has 0 unspecified atom stereocenters. The van der Waals surface area contributed by atoms with Crippen molar-refractivity contribution in [3.8, 4) is 17.2 Å². The van der Waals surface area contributed by atoms with Crippen LogP contribution in [0.5, 0.6) is 17.2 Å². The van der Waals surface area contributed by atoms with E-state index in [1.807, 2.05) is 30.3 Å². The molecule has 2 aromatic rings.